The predicted octanol–water partition coefficient (Wildman–Crippen LogP) is 4.17. The van der Waals surface area contributed by atoms with Gasteiger partial charge in [0.2, 0.25) is 0 Å². The van der Waals surface area contributed by atoms with Crippen LogP contribution in [-0.2, 0) is 11.4 Å². The number of nitrogens with one attached hydrogen (secondary N) is 1. The Hall–Kier alpha value is -0.500. The predicted molar refractivity (Wildman–Crippen MR) is 95.9 cm³/mol. The summed E-state index contributed by atoms with van der Waals surface area (Å²) in [5.41, 5.74) is 6.58. The average molecular weight is 378 g/mol. The van der Waals surface area contributed by atoms with Crippen molar-refractivity contribution in [2.24, 2.45) is 0 Å². The van der Waals surface area contributed by atoms with Crippen LogP contribution < -0.4 is 10.5 Å². The minimum Gasteiger partial charge on any atom is -0.598 e. The number of rotatable bonds is 4. The maximum absolute atomic E-state index is 12.5. The summed E-state index contributed by atoms with van der Waals surface area (Å²) >= 11 is 12.2. The van der Waals surface area contributed by atoms with Gasteiger partial charge in [0.25, 0.3) is 0 Å². The van der Waals surface area contributed by atoms with Crippen molar-refractivity contribution in [1.82, 2.24) is 9.71 Å². The number of aromatic nitrogens is 1. The first-order chi connectivity index (χ1) is 10.2. The van der Waals surface area contributed by atoms with Crippen LogP contribution in [0.1, 0.15) is 37.3 Å². The fourth-order valence-electron chi connectivity index (χ4n) is 1.70. The Morgan fingerprint density at radius 2 is 2.00 bits per heavy atom. The van der Waals surface area contributed by atoms with Crippen LogP contribution in [0.15, 0.2) is 24.4 Å². The topological polar surface area (TPSA) is 74.0 Å². The summed E-state index contributed by atoms with van der Waals surface area (Å²) in [6.45, 7) is 5.72. The van der Waals surface area contributed by atoms with Crippen molar-refractivity contribution in [2.75, 3.05) is 5.73 Å². The molecule has 0 aliphatic carbocycles. The third-order valence-electron chi connectivity index (χ3n) is 2.88. The fourth-order valence-corrected chi connectivity index (χ4v) is 3.68. The highest BCUT2D eigenvalue weighted by Gasteiger charge is 2.31. The first-order valence-corrected chi connectivity index (χ1v) is 9.25. The standard InChI is InChI=1S/C14H17Cl2N3OS2/c1-14(2,3)22(20)19-12(11-7-18-13(17)21-11)8-4-5-9(15)10(16)6-8/h4-7,12,19H,1-3H3,(H2,17,18)/t12-,22?/m1/s1. The second-order valence-electron chi connectivity index (χ2n) is 5.71. The van der Waals surface area contributed by atoms with Crippen molar-refractivity contribution in [2.45, 2.75) is 31.6 Å². The molecule has 0 aliphatic heterocycles. The number of halogens is 2. The van der Waals surface area contributed by atoms with E-state index in [-0.39, 0.29) is 6.04 Å². The van der Waals surface area contributed by atoms with Crippen LogP contribution in [-0.4, -0.2) is 14.3 Å². The zero-order chi connectivity index (χ0) is 16.5. The molecule has 2 atom stereocenters. The Kier molecular flexibility index (Phi) is 5.63. The van der Waals surface area contributed by atoms with E-state index in [9.17, 15) is 4.55 Å². The molecule has 4 nitrogen and oxygen atoms in total. The first-order valence-electron chi connectivity index (χ1n) is 6.52. The number of nitrogen functional groups attached to an aromatic ring is 1. The van der Waals surface area contributed by atoms with Gasteiger partial charge < -0.3 is 10.3 Å². The van der Waals surface area contributed by atoms with Gasteiger partial charge in [0.1, 0.15) is 10.8 Å². The molecule has 0 saturated heterocycles. The van der Waals surface area contributed by atoms with E-state index < -0.39 is 16.1 Å². The summed E-state index contributed by atoms with van der Waals surface area (Å²) in [6.07, 6.45) is 1.68. The van der Waals surface area contributed by atoms with Crippen molar-refractivity contribution in [1.29, 1.82) is 0 Å². The van der Waals surface area contributed by atoms with Crippen molar-refractivity contribution in [3.8, 4) is 0 Å². The highest BCUT2D eigenvalue weighted by molar-refractivity contribution is 7.90. The molecule has 0 amide bonds. The quantitative estimate of drug-likeness (QED) is 0.783. The van der Waals surface area contributed by atoms with Crippen LogP contribution in [0.5, 0.6) is 0 Å². The van der Waals surface area contributed by atoms with Gasteiger partial charge in [-0.2, -0.15) is 0 Å². The number of hydrogen-bond acceptors (Lipinski definition) is 5. The summed E-state index contributed by atoms with van der Waals surface area (Å²) in [7, 11) is 0. The lowest BCUT2D eigenvalue weighted by molar-refractivity contribution is 0.536. The van der Waals surface area contributed by atoms with Crippen molar-refractivity contribution in [3.63, 3.8) is 0 Å². The second kappa shape index (κ2) is 6.95. The SMILES string of the molecule is CC(C)(C)[S+]([O-])N[C@H](c1ccc(Cl)c(Cl)c1)c1cnc(N)s1. The van der Waals surface area contributed by atoms with E-state index in [1.165, 1.54) is 11.3 Å². The lowest BCUT2D eigenvalue weighted by Gasteiger charge is -2.27. The summed E-state index contributed by atoms with van der Waals surface area (Å²) < 4.78 is 15.2. The molecule has 0 spiro atoms. The molecule has 0 bridgehead atoms. The molecule has 120 valence electrons. The molecule has 1 aromatic heterocycles. The smallest absolute Gasteiger partial charge is 0.180 e. The van der Waals surface area contributed by atoms with Gasteiger partial charge in [-0.15, -0.1) is 16.1 Å². The molecule has 0 aliphatic rings. The van der Waals surface area contributed by atoms with Crippen LogP contribution in [0.25, 0.3) is 0 Å². The Balaban J connectivity index is 2.39. The van der Waals surface area contributed by atoms with E-state index in [0.717, 1.165) is 10.4 Å². The normalized spacial score (nSPS) is 14.8. The van der Waals surface area contributed by atoms with Crippen LogP contribution in [0.2, 0.25) is 10.0 Å². The minimum atomic E-state index is -1.26. The zero-order valence-corrected chi connectivity index (χ0v) is 15.5. The zero-order valence-electron chi connectivity index (χ0n) is 12.4. The van der Waals surface area contributed by atoms with Gasteiger partial charge in [-0.3, -0.25) is 0 Å². The van der Waals surface area contributed by atoms with E-state index in [4.69, 9.17) is 28.9 Å². The lowest BCUT2D eigenvalue weighted by atomic mass is 10.1. The van der Waals surface area contributed by atoms with Gasteiger partial charge >= 0.3 is 0 Å². The second-order valence-corrected chi connectivity index (χ2v) is 9.61. The van der Waals surface area contributed by atoms with Crippen molar-refractivity contribution >= 4 is 51.0 Å². The number of thiazole rings is 1. The van der Waals surface area contributed by atoms with E-state index in [0.29, 0.717) is 15.2 Å². The van der Waals surface area contributed by atoms with Gasteiger partial charge in [-0.05, 0) is 38.5 Å². The molecule has 2 aromatic rings. The van der Waals surface area contributed by atoms with Gasteiger partial charge in [-0.25, -0.2) is 4.98 Å². The number of anilines is 1. The Morgan fingerprint density at radius 1 is 1.32 bits per heavy atom. The molecule has 1 aromatic carbocycles. The average Bonchev–Trinajstić information content (AvgIpc) is 2.84. The van der Waals surface area contributed by atoms with Gasteiger partial charge in [0.15, 0.2) is 5.13 Å². The monoisotopic (exact) mass is 377 g/mol. The number of hydrogen-bond donors (Lipinski definition) is 2. The van der Waals surface area contributed by atoms with Crippen molar-refractivity contribution in [3.05, 3.63) is 44.9 Å². The molecular weight excluding hydrogens is 361 g/mol. The molecule has 1 heterocycles. The van der Waals surface area contributed by atoms with Crippen molar-refractivity contribution < 1.29 is 4.55 Å². The largest absolute Gasteiger partial charge is 0.598 e. The van der Waals surface area contributed by atoms with E-state index in [1.807, 2.05) is 26.8 Å². The number of nitrogens with zero attached hydrogens (tertiary/aromatic N) is 1. The third-order valence-corrected chi connectivity index (χ3v) is 6.08. The van der Waals surface area contributed by atoms with Gasteiger partial charge in [0, 0.05) is 17.6 Å². The number of benzene rings is 1. The van der Waals surface area contributed by atoms with E-state index in [2.05, 4.69) is 9.71 Å². The molecule has 22 heavy (non-hydrogen) atoms. The van der Waals surface area contributed by atoms with Gasteiger partial charge in [0.05, 0.1) is 14.9 Å². The van der Waals surface area contributed by atoms with Crippen LogP contribution >= 0.6 is 34.5 Å². The molecular formula is C14H17Cl2N3OS2. The van der Waals surface area contributed by atoms with E-state index >= 15 is 0 Å². The van der Waals surface area contributed by atoms with Crippen LogP contribution in [0.3, 0.4) is 0 Å². The molecule has 0 fully saturated rings. The number of nitrogens with two attached hydrogens (primary N) is 1. The van der Waals surface area contributed by atoms with Gasteiger partial charge in [-0.1, -0.05) is 29.3 Å². The van der Waals surface area contributed by atoms with Crippen LogP contribution in [0, 0.1) is 0 Å². The Labute approximate surface area is 147 Å². The maximum atomic E-state index is 12.5. The van der Waals surface area contributed by atoms with Crippen LogP contribution in [0.4, 0.5) is 5.13 Å². The van der Waals surface area contributed by atoms with E-state index in [1.54, 1.807) is 18.3 Å². The Bertz CT molecular complexity index is 658. The lowest BCUT2D eigenvalue weighted by Crippen LogP contribution is -2.41. The molecule has 0 radical (unpaired) electrons. The Morgan fingerprint density at radius 3 is 2.50 bits per heavy atom. The molecule has 8 heteroatoms. The molecule has 3 N–H and O–H groups in total. The molecule has 0 saturated carbocycles. The minimum absolute atomic E-state index is 0.315. The summed E-state index contributed by atoms with van der Waals surface area (Å²) in [4.78, 5) is 4.94. The molecule has 1 unspecified atom stereocenters. The third kappa shape index (κ3) is 4.28. The highest BCUT2D eigenvalue weighted by atomic mass is 35.5. The molecule has 2 rings (SSSR count). The summed E-state index contributed by atoms with van der Waals surface area (Å²) in [5, 5.41) is 1.39. The highest BCUT2D eigenvalue weighted by Crippen LogP contribution is 2.33. The maximum Gasteiger partial charge on any atom is 0.180 e. The first kappa shape index (κ1) is 17.8. The summed E-state index contributed by atoms with van der Waals surface area (Å²) in [5.74, 6) is 0. The fraction of sp³-hybridized carbons (Fsp3) is 0.357. The summed E-state index contributed by atoms with van der Waals surface area (Å²) in [6, 6.07) is 5.02.